The van der Waals surface area contributed by atoms with Crippen LogP contribution in [0.3, 0.4) is 0 Å². The van der Waals surface area contributed by atoms with Gasteiger partial charge in [0.15, 0.2) is 11.5 Å². The van der Waals surface area contributed by atoms with E-state index in [1.807, 2.05) is 41.3 Å². The highest BCUT2D eigenvalue weighted by atomic mass is 16.5. The molecular weight excluding hydrogens is 290 g/mol. The highest BCUT2D eigenvalue weighted by Gasteiger charge is 2.23. The fraction of sp³-hybridized carbons (Fsp3) is 0.316. The van der Waals surface area contributed by atoms with Gasteiger partial charge in [-0.2, -0.15) is 0 Å². The first-order valence-electron chi connectivity index (χ1n) is 7.82. The Morgan fingerprint density at radius 1 is 1.09 bits per heavy atom. The van der Waals surface area contributed by atoms with Crippen molar-refractivity contribution in [3.05, 3.63) is 53.6 Å². The van der Waals surface area contributed by atoms with Crippen LogP contribution in [0.25, 0.3) is 0 Å². The standard InChI is InChI=1S/C19H21NO3/c1-22-17-9-7-14(13-18(17)23-2)8-10-19(21)20-12-11-15-5-3-4-6-16(15)20/h3-7,9,13H,8,10-12H2,1-2H3. The number of hydrogen-bond acceptors (Lipinski definition) is 3. The Labute approximate surface area is 136 Å². The molecule has 2 aromatic carbocycles. The first-order valence-corrected chi connectivity index (χ1v) is 7.82. The van der Waals surface area contributed by atoms with Crippen LogP contribution >= 0.6 is 0 Å². The normalized spacial score (nSPS) is 12.9. The predicted octanol–water partition coefficient (Wildman–Crippen LogP) is 3.23. The first-order chi connectivity index (χ1) is 11.2. The lowest BCUT2D eigenvalue weighted by Crippen LogP contribution is -2.29. The van der Waals surface area contributed by atoms with Crippen LogP contribution in [-0.4, -0.2) is 26.7 Å². The van der Waals surface area contributed by atoms with Crippen molar-refractivity contribution >= 4 is 11.6 Å². The Kier molecular flexibility index (Phi) is 4.51. The third kappa shape index (κ3) is 3.16. The van der Waals surface area contributed by atoms with Gasteiger partial charge < -0.3 is 14.4 Å². The van der Waals surface area contributed by atoms with Crippen LogP contribution in [0.4, 0.5) is 5.69 Å². The Morgan fingerprint density at radius 3 is 2.65 bits per heavy atom. The minimum atomic E-state index is 0.171. The predicted molar refractivity (Wildman–Crippen MR) is 90.4 cm³/mol. The van der Waals surface area contributed by atoms with Crippen LogP contribution in [0.1, 0.15) is 17.5 Å². The van der Waals surface area contributed by atoms with E-state index >= 15 is 0 Å². The number of carbonyl (C=O) groups is 1. The number of rotatable bonds is 5. The van der Waals surface area contributed by atoms with Crippen molar-refractivity contribution in [1.29, 1.82) is 0 Å². The summed E-state index contributed by atoms with van der Waals surface area (Å²) in [5.74, 6) is 1.57. The molecule has 0 saturated carbocycles. The Balaban J connectivity index is 1.66. The van der Waals surface area contributed by atoms with Gasteiger partial charge in [0.05, 0.1) is 14.2 Å². The molecule has 0 fully saturated rings. The summed E-state index contributed by atoms with van der Waals surface area (Å²) in [5.41, 5.74) is 3.39. The Morgan fingerprint density at radius 2 is 1.87 bits per heavy atom. The topological polar surface area (TPSA) is 38.8 Å². The molecule has 0 bridgehead atoms. The van der Waals surface area contributed by atoms with E-state index in [0.717, 1.165) is 24.2 Å². The lowest BCUT2D eigenvalue weighted by atomic mass is 10.1. The zero-order chi connectivity index (χ0) is 16.2. The molecule has 4 heteroatoms. The number of carbonyl (C=O) groups excluding carboxylic acids is 1. The molecule has 1 aliphatic rings. The summed E-state index contributed by atoms with van der Waals surface area (Å²) in [5, 5.41) is 0. The monoisotopic (exact) mass is 311 g/mol. The summed E-state index contributed by atoms with van der Waals surface area (Å²) in [6.07, 6.45) is 2.12. The fourth-order valence-electron chi connectivity index (χ4n) is 3.02. The van der Waals surface area contributed by atoms with Crippen molar-refractivity contribution in [2.75, 3.05) is 25.7 Å². The van der Waals surface area contributed by atoms with Crippen LogP contribution in [0.5, 0.6) is 11.5 Å². The number of ether oxygens (including phenoxy) is 2. The lowest BCUT2D eigenvalue weighted by molar-refractivity contribution is -0.118. The highest BCUT2D eigenvalue weighted by Crippen LogP contribution is 2.30. The number of para-hydroxylation sites is 1. The van der Waals surface area contributed by atoms with Gasteiger partial charge in [-0.1, -0.05) is 24.3 Å². The molecule has 0 aromatic heterocycles. The second kappa shape index (κ2) is 6.73. The van der Waals surface area contributed by atoms with Crippen molar-refractivity contribution in [2.24, 2.45) is 0 Å². The van der Waals surface area contributed by atoms with Gasteiger partial charge in [0.2, 0.25) is 5.91 Å². The molecule has 23 heavy (non-hydrogen) atoms. The van der Waals surface area contributed by atoms with Gasteiger partial charge in [-0.25, -0.2) is 0 Å². The quantitative estimate of drug-likeness (QED) is 0.851. The molecule has 0 radical (unpaired) electrons. The maximum absolute atomic E-state index is 12.5. The Bertz CT molecular complexity index is 712. The number of aryl methyl sites for hydroxylation is 1. The van der Waals surface area contributed by atoms with Crippen LogP contribution < -0.4 is 14.4 Å². The first kappa shape index (κ1) is 15.4. The van der Waals surface area contributed by atoms with Crippen LogP contribution in [0.15, 0.2) is 42.5 Å². The largest absolute Gasteiger partial charge is 0.493 e. The maximum atomic E-state index is 12.5. The number of fused-ring (bicyclic) bond motifs is 1. The average Bonchev–Trinajstić information content (AvgIpc) is 3.03. The molecule has 1 amide bonds. The van der Waals surface area contributed by atoms with Gasteiger partial charge in [0.25, 0.3) is 0 Å². The van der Waals surface area contributed by atoms with E-state index in [0.29, 0.717) is 24.3 Å². The number of amides is 1. The molecule has 1 aliphatic heterocycles. The second-order valence-electron chi connectivity index (χ2n) is 5.61. The molecule has 2 aromatic rings. The van der Waals surface area contributed by atoms with E-state index in [-0.39, 0.29) is 5.91 Å². The van der Waals surface area contributed by atoms with Gasteiger partial charge in [-0.15, -0.1) is 0 Å². The van der Waals surface area contributed by atoms with Gasteiger partial charge in [-0.05, 0) is 42.2 Å². The van der Waals surface area contributed by atoms with E-state index in [4.69, 9.17) is 9.47 Å². The molecule has 0 spiro atoms. The summed E-state index contributed by atoms with van der Waals surface area (Å²) < 4.78 is 10.5. The van der Waals surface area contributed by atoms with Gasteiger partial charge in [0.1, 0.15) is 0 Å². The molecule has 1 heterocycles. The summed E-state index contributed by atoms with van der Waals surface area (Å²) in [6.45, 7) is 0.782. The van der Waals surface area contributed by atoms with Crippen molar-refractivity contribution in [1.82, 2.24) is 0 Å². The van der Waals surface area contributed by atoms with E-state index in [2.05, 4.69) is 6.07 Å². The zero-order valence-corrected chi connectivity index (χ0v) is 13.5. The van der Waals surface area contributed by atoms with Crippen molar-refractivity contribution in [2.45, 2.75) is 19.3 Å². The number of anilines is 1. The van der Waals surface area contributed by atoms with Crippen LogP contribution in [0, 0.1) is 0 Å². The summed E-state index contributed by atoms with van der Waals surface area (Å²) in [7, 11) is 3.24. The zero-order valence-electron chi connectivity index (χ0n) is 13.5. The molecule has 0 N–H and O–H groups in total. The summed E-state index contributed by atoms with van der Waals surface area (Å²) in [4.78, 5) is 14.4. The molecule has 0 atom stereocenters. The third-order valence-corrected chi connectivity index (χ3v) is 4.26. The minimum Gasteiger partial charge on any atom is -0.493 e. The van der Waals surface area contributed by atoms with Crippen LogP contribution in [-0.2, 0) is 17.6 Å². The van der Waals surface area contributed by atoms with Crippen molar-refractivity contribution in [3.8, 4) is 11.5 Å². The molecule has 3 rings (SSSR count). The smallest absolute Gasteiger partial charge is 0.227 e. The Hall–Kier alpha value is -2.49. The molecule has 0 saturated heterocycles. The molecule has 120 valence electrons. The van der Waals surface area contributed by atoms with Gasteiger partial charge in [0, 0.05) is 18.7 Å². The second-order valence-corrected chi connectivity index (χ2v) is 5.61. The van der Waals surface area contributed by atoms with E-state index in [1.54, 1.807) is 14.2 Å². The fourth-order valence-corrected chi connectivity index (χ4v) is 3.02. The minimum absolute atomic E-state index is 0.171. The van der Waals surface area contributed by atoms with Crippen molar-refractivity contribution < 1.29 is 14.3 Å². The number of benzene rings is 2. The number of nitrogens with zero attached hydrogens (tertiary/aromatic N) is 1. The summed E-state index contributed by atoms with van der Waals surface area (Å²) in [6, 6.07) is 13.9. The van der Waals surface area contributed by atoms with E-state index in [1.165, 1.54) is 5.56 Å². The molecule has 4 nitrogen and oxygen atoms in total. The summed E-state index contributed by atoms with van der Waals surface area (Å²) >= 11 is 0. The van der Waals surface area contributed by atoms with Gasteiger partial charge >= 0.3 is 0 Å². The van der Waals surface area contributed by atoms with E-state index in [9.17, 15) is 4.79 Å². The average molecular weight is 311 g/mol. The maximum Gasteiger partial charge on any atom is 0.227 e. The molecule has 0 aliphatic carbocycles. The highest BCUT2D eigenvalue weighted by molar-refractivity contribution is 5.95. The molecule has 0 unspecified atom stereocenters. The van der Waals surface area contributed by atoms with E-state index < -0.39 is 0 Å². The van der Waals surface area contributed by atoms with Crippen molar-refractivity contribution in [3.63, 3.8) is 0 Å². The van der Waals surface area contributed by atoms with Gasteiger partial charge in [-0.3, -0.25) is 4.79 Å². The lowest BCUT2D eigenvalue weighted by Gasteiger charge is -2.17. The van der Waals surface area contributed by atoms with Crippen LogP contribution in [0.2, 0.25) is 0 Å². The number of hydrogen-bond donors (Lipinski definition) is 0. The number of methoxy groups -OCH3 is 2. The SMILES string of the molecule is COc1ccc(CCC(=O)N2CCc3ccccc32)cc1OC. The third-order valence-electron chi connectivity index (χ3n) is 4.26. The molecular formula is C19H21NO3.